The van der Waals surface area contributed by atoms with Crippen LogP contribution in [0.1, 0.15) is 12.8 Å². The summed E-state index contributed by atoms with van der Waals surface area (Å²) in [5.41, 5.74) is 2.31. The first kappa shape index (κ1) is 19.7. The van der Waals surface area contributed by atoms with Crippen LogP contribution < -0.4 is 20.9 Å². The second kappa shape index (κ2) is 9.75. The van der Waals surface area contributed by atoms with E-state index in [0.717, 1.165) is 25.1 Å². The molecule has 0 aromatic heterocycles. The first-order chi connectivity index (χ1) is 13.6. The molecule has 0 radical (unpaired) electrons. The Bertz CT molecular complexity index is 774. The first-order valence-electron chi connectivity index (χ1n) is 9.43. The van der Waals surface area contributed by atoms with Crippen LogP contribution in [0.15, 0.2) is 54.6 Å². The van der Waals surface area contributed by atoms with E-state index in [-0.39, 0.29) is 24.6 Å². The van der Waals surface area contributed by atoms with Gasteiger partial charge < -0.3 is 25.6 Å². The van der Waals surface area contributed by atoms with Gasteiger partial charge in [-0.25, -0.2) is 4.79 Å². The highest BCUT2D eigenvalue weighted by atomic mass is 16.5. The predicted octanol–water partition coefficient (Wildman–Crippen LogP) is 3.06. The molecular weight excluding hydrogens is 356 g/mol. The van der Waals surface area contributed by atoms with Crippen molar-refractivity contribution in [2.24, 2.45) is 0 Å². The van der Waals surface area contributed by atoms with Crippen molar-refractivity contribution in [3.63, 3.8) is 0 Å². The highest BCUT2D eigenvalue weighted by molar-refractivity contribution is 5.94. The number of benzene rings is 2. The van der Waals surface area contributed by atoms with E-state index in [0.29, 0.717) is 17.9 Å². The number of rotatable bonds is 7. The zero-order valence-electron chi connectivity index (χ0n) is 16.0. The molecule has 1 fully saturated rings. The van der Waals surface area contributed by atoms with Crippen LogP contribution in [-0.4, -0.2) is 44.8 Å². The molecular formula is C21H26N4O3. The molecule has 1 aliphatic heterocycles. The summed E-state index contributed by atoms with van der Waals surface area (Å²) in [6, 6.07) is 16.5. The van der Waals surface area contributed by atoms with Crippen molar-refractivity contribution in [3.8, 4) is 0 Å². The number of hydrogen-bond acceptors (Lipinski definition) is 4. The van der Waals surface area contributed by atoms with Crippen LogP contribution in [0, 0.1) is 0 Å². The van der Waals surface area contributed by atoms with Crippen molar-refractivity contribution in [3.05, 3.63) is 54.6 Å². The van der Waals surface area contributed by atoms with Gasteiger partial charge in [-0.2, -0.15) is 0 Å². The van der Waals surface area contributed by atoms with Crippen molar-refractivity contribution in [1.82, 2.24) is 5.32 Å². The number of carbonyl (C=O) groups excluding carboxylic acids is 2. The van der Waals surface area contributed by atoms with Crippen LogP contribution in [0.5, 0.6) is 0 Å². The van der Waals surface area contributed by atoms with Crippen molar-refractivity contribution < 1.29 is 14.3 Å². The van der Waals surface area contributed by atoms with Gasteiger partial charge in [0.05, 0.1) is 12.6 Å². The van der Waals surface area contributed by atoms with Crippen molar-refractivity contribution in [2.45, 2.75) is 18.9 Å². The third kappa shape index (κ3) is 5.99. The van der Waals surface area contributed by atoms with Crippen molar-refractivity contribution in [1.29, 1.82) is 0 Å². The van der Waals surface area contributed by atoms with Crippen LogP contribution in [0.3, 0.4) is 0 Å². The molecule has 0 bridgehead atoms. The number of nitrogens with zero attached hydrogens (tertiary/aromatic N) is 1. The molecule has 3 N–H and O–H groups in total. The molecule has 0 saturated carbocycles. The van der Waals surface area contributed by atoms with Gasteiger partial charge in [-0.3, -0.25) is 4.79 Å². The zero-order valence-corrected chi connectivity index (χ0v) is 16.0. The van der Waals surface area contributed by atoms with Crippen molar-refractivity contribution >= 4 is 29.0 Å². The summed E-state index contributed by atoms with van der Waals surface area (Å²) in [7, 11) is 1.87. The molecule has 3 rings (SSSR count). The molecule has 28 heavy (non-hydrogen) atoms. The average molecular weight is 382 g/mol. The fourth-order valence-corrected chi connectivity index (χ4v) is 3.01. The van der Waals surface area contributed by atoms with Crippen molar-refractivity contribution in [2.75, 3.05) is 42.3 Å². The van der Waals surface area contributed by atoms with E-state index in [4.69, 9.17) is 4.74 Å². The quantitative estimate of drug-likeness (QED) is 0.687. The largest absolute Gasteiger partial charge is 0.376 e. The summed E-state index contributed by atoms with van der Waals surface area (Å²) >= 11 is 0. The Morgan fingerprint density at radius 2 is 1.71 bits per heavy atom. The van der Waals surface area contributed by atoms with E-state index in [2.05, 4.69) is 16.0 Å². The third-order valence-electron chi connectivity index (χ3n) is 4.52. The van der Waals surface area contributed by atoms with Crippen LogP contribution >= 0.6 is 0 Å². The Balaban J connectivity index is 1.43. The monoisotopic (exact) mass is 382 g/mol. The number of carbonyl (C=O) groups is 2. The minimum atomic E-state index is -0.267. The Hall–Kier alpha value is -3.06. The lowest BCUT2D eigenvalue weighted by Crippen LogP contribution is -2.35. The number of ether oxygens (including phenoxy) is 1. The summed E-state index contributed by atoms with van der Waals surface area (Å²) in [6.07, 6.45) is 2.13. The molecule has 1 aliphatic rings. The molecule has 1 atom stereocenters. The van der Waals surface area contributed by atoms with Gasteiger partial charge in [0.25, 0.3) is 0 Å². The van der Waals surface area contributed by atoms with Crippen LogP contribution in [0.4, 0.5) is 21.9 Å². The molecule has 2 aromatic carbocycles. The lowest BCUT2D eigenvalue weighted by atomic mass is 10.2. The van der Waals surface area contributed by atoms with Crippen LogP contribution in [-0.2, 0) is 9.53 Å². The summed E-state index contributed by atoms with van der Waals surface area (Å²) in [4.78, 5) is 26.0. The normalized spacial score (nSPS) is 15.7. The number of anilines is 3. The second-order valence-electron chi connectivity index (χ2n) is 6.79. The maximum Gasteiger partial charge on any atom is 0.319 e. The summed E-state index contributed by atoms with van der Waals surface area (Å²) in [6.45, 7) is 1.52. The maximum atomic E-state index is 12.2. The van der Waals surface area contributed by atoms with Gasteiger partial charge in [0.2, 0.25) is 5.91 Å². The molecule has 7 heteroatoms. The SMILES string of the molecule is CN(CC(=O)Nc1ccc(NC(=O)NCC2CCCO2)cc1)c1ccccc1. The number of amides is 3. The molecule has 7 nitrogen and oxygen atoms in total. The summed E-state index contributed by atoms with van der Waals surface area (Å²) in [5, 5.41) is 8.44. The molecule has 1 heterocycles. The summed E-state index contributed by atoms with van der Waals surface area (Å²) < 4.78 is 5.48. The Labute approximate surface area is 165 Å². The molecule has 3 amide bonds. The second-order valence-corrected chi connectivity index (χ2v) is 6.79. The number of para-hydroxylation sites is 1. The van der Waals surface area contributed by atoms with E-state index < -0.39 is 0 Å². The van der Waals surface area contributed by atoms with Gasteiger partial charge in [-0.15, -0.1) is 0 Å². The fourth-order valence-electron chi connectivity index (χ4n) is 3.01. The highest BCUT2D eigenvalue weighted by Gasteiger charge is 2.16. The lowest BCUT2D eigenvalue weighted by Gasteiger charge is -2.18. The molecule has 1 unspecified atom stereocenters. The molecule has 1 saturated heterocycles. The minimum Gasteiger partial charge on any atom is -0.376 e. The van der Waals surface area contributed by atoms with Gasteiger partial charge in [0, 0.05) is 37.3 Å². The van der Waals surface area contributed by atoms with Crippen LogP contribution in [0.2, 0.25) is 0 Å². The number of nitrogens with one attached hydrogen (secondary N) is 3. The van der Waals surface area contributed by atoms with E-state index in [9.17, 15) is 9.59 Å². The predicted molar refractivity (Wildman–Crippen MR) is 111 cm³/mol. The first-order valence-corrected chi connectivity index (χ1v) is 9.43. The fraction of sp³-hybridized carbons (Fsp3) is 0.333. The smallest absolute Gasteiger partial charge is 0.319 e. The maximum absolute atomic E-state index is 12.2. The minimum absolute atomic E-state index is 0.109. The number of urea groups is 1. The molecule has 148 valence electrons. The molecule has 0 spiro atoms. The summed E-state index contributed by atoms with van der Waals surface area (Å²) in [5.74, 6) is -0.110. The van der Waals surface area contributed by atoms with Crippen LogP contribution in [0.25, 0.3) is 0 Å². The standard InChI is InChI=1S/C21H26N4O3/c1-25(18-6-3-2-4-7-18)15-20(26)23-16-9-11-17(12-10-16)24-21(27)22-14-19-8-5-13-28-19/h2-4,6-7,9-12,19H,5,8,13-15H2,1H3,(H,23,26)(H2,22,24,27). The molecule has 2 aromatic rings. The van der Waals surface area contributed by atoms with E-state index in [1.54, 1.807) is 24.3 Å². The van der Waals surface area contributed by atoms with E-state index in [1.165, 1.54) is 0 Å². The van der Waals surface area contributed by atoms with E-state index in [1.807, 2.05) is 42.3 Å². The Kier molecular flexibility index (Phi) is 6.86. The topological polar surface area (TPSA) is 82.7 Å². The van der Waals surface area contributed by atoms with Gasteiger partial charge >= 0.3 is 6.03 Å². The molecule has 0 aliphatic carbocycles. The van der Waals surface area contributed by atoms with Gasteiger partial charge in [0.1, 0.15) is 0 Å². The van der Waals surface area contributed by atoms with E-state index >= 15 is 0 Å². The lowest BCUT2D eigenvalue weighted by molar-refractivity contribution is -0.114. The number of likely N-dealkylation sites (N-methyl/N-ethyl adjacent to an activating group) is 1. The Morgan fingerprint density at radius 1 is 1.04 bits per heavy atom. The van der Waals surface area contributed by atoms with Gasteiger partial charge in [0.15, 0.2) is 0 Å². The average Bonchev–Trinajstić information content (AvgIpc) is 3.22. The van der Waals surface area contributed by atoms with Gasteiger partial charge in [-0.1, -0.05) is 18.2 Å². The highest BCUT2D eigenvalue weighted by Crippen LogP contribution is 2.15. The third-order valence-corrected chi connectivity index (χ3v) is 4.52. The number of hydrogen-bond donors (Lipinski definition) is 3. The Morgan fingerprint density at radius 3 is 2.36 bits per heavy atom. The van der Waals surface area contributed by atoms with Gasteiger partial charge in [-0.05, 0) is 49.2 Å². The zero-order chi connectivity index (χ0) is 19.8.